The van der Waals surface area contributed by atoms with Crippen molar-refractivity contribution in [1.82, 2.24) is 20.3 Å². The summed E-state index contributed by atoms with van der Waals surface area (Å²) in [5, 5.41) is 10.8. The molecule has 1 aromatic heterocycles. The number of amides is 1. The van der Waals surface area contributed by atoms with E-state index in [2.05, 4.69) is 22.6 Å². The van der Waals surface area contributed by atoms with E-state index in [1.807, 2.05) is 39.0 Å². The smallest absolute Gasteiger partial charge is 0.273 e. The molecule has 0 unspecified atom stereocenters. The van der Waals surface area contributed by atoms with E-state index in [4.69, 9.17) is 0 Å². The number of nitrogens with zero attached hydrogens (tertiary/aromatic N) is 3. The van der Waals surface area contributed by atoms with Crippen LogP contribution in [-0.4, -0.2) is 26.9 Å². The fourth-order valence-corrected chi connectivity index (χ4v) is 1.76. The molecule has 0 fully saturated rings. The summed E-state index contributed by atoms with van der Waals surface area (Å²) in [5.74, 6) is -0.186. The first-order valence-electron chi connectivity index (χ1n) is 6.82. The Balaban J connectivity index is 2.20. The highest BCUT2D eigenvalue weighted by Gasteiger charge is 2.13. The standard InChI is InChI=1S/C15H20N4O/c1-5-12(4)16-15(20)14-9-19(18-17-14)13-7-6-10(2)11(3)8-13/h6-9,12H,5H2,1-4H3,(H,16,20)/t12-/m1/s1. The number of carbonyl (C=O) groups is 1. The van der Waals surface area contributed by atoms with Gasteiger partial charge in [-0.05, 0) is 50.5 Å². The minimum Gasteiger partial charge on any atom is -0.348 e. The summed E-state index contributed by atoms with van der Waals surface area (Å²) in [6.07, 6.45) is 2.54. The van der Waals surface area contributed by atoms with Gasteiger partial charge in [0.15, 0.2) is 5.69 Å². The Labute approximate surface area is 119 Å². The van der Waals surface area contributed by atoms with Crippen LogP contribution < -0.4 is 5.32 Å². The SMILES string of the molecule is CC[C@@H](C)NC(=O)c1cn(-c2ccc(C)c(C)c2)nn1. The van der Waals surface area contributed by atoms with E-state index in [0.29, 0.717) is 5.69 Å². The van der Waals surface area contributed by atoms with E-state index >= 15 is 0 Å². The number of aryl methyl sites for hydroxylation is 2. The van der Waals surface area contributed by atoms with Gasteiger partial charge in [-0.3, -0.25) is 4.79 Å². The van der Waals surface area contributed by atoms with Gasteiger partial charge in [0.2, 0.25) is 0 Å². The molecule has 1 N–H and O–H groups in total. The molecule has 0 aliphatic carbocycles. The highest BCUT2D eigenvalue weighted by Crippen LogP contribution is 2.13. The topological polar surface area (TPSA) is 59.8 Å². The van der Waals surface area contributed by atoms with E-state index in [0.717, 1.165) is 12.1 Å². The van der Waals surface area contributed by atoms with Crippen molar-refractivity contribution in [2.75, 3.05) is 0 Å². The van der Waals surface area contributed by atoms with Crippen molar-refractivity contribution < 1.29 is 4.79 Å². The van der Waals surface area contributed by atoms with Gasteiger partial charge in [0, 0.05) is 6.04 Å². The van der Waals surface area contributed by atoms with Crippen molar-refractivity contribution in [2.24, 2.45) is 0 Å². The predicted molar refractivity (Wildman–Crippen MR) is 78.1 cm³/mol. The van der Waals surface area contributed by atoms with Gasteiger partial charge in [0.1, 0.15) is 0 Å². The van der Waals surface area contributed by atoms with Gasteiger partial charge in [-0.25, -0.2) is 4.68 Å². The maximum absolute atomic E-state index is 12.0. The van der Waals surface area contributed by atoms with Crippen LogP contribution in [0.5, 0.6) is 0 Å². The Morgan fingerprint density at radius 3 is 2.75 bits per heavy atom. The summed E-state index contributed by atoms with van der Waals surface area (Å²) in [4.78, 5) is 12.0. The normalized spacial score (nSPS) is 12.2. The zero-order valence-corrected chi connectivity index (χ0v) is 12.3. The molecule has 2 rings (SSSR count). The van der Waals surface area contributed by atoms with Gasteiger partial charge < -0.3 is 5.32 Å². The molecule has 106 valence electrons. The maximum atomic E-state index is 12.0. The van der Waals surface area contributed by atoms with Crippen LogP contribution in [0.25, 0.3) is 5.69 Å². The number of nitrogens with one attached hydrogen (secondary N) is 1. The van der Waals surface area contributed by atoms with Crippen molar-refractivity contribution in [3.05, 3.63) is 41.2 Å². The van der Waals surface area contributed by atoms with Crippen molar-refractivity contribution in [1.29, 1.82) is 0 Å². The third-order valence-electron chi connectivity index (χ3n) is 3.47. The van der Waals surface area contributed by atoms with Crippen molar-refractivity contribution in [3.63, 3.8) is 0 Å². The number of aromatic nitrogens is 3. The van der Waals surface area contributed by atoms with Crippen molar-refractivity contribution in [3.8, 4) is 5.69 Å². The number of carbonyl (C=O) groups excluding carboxylic acids is 1. The molecule has 0 saturated carbocycles. The monoisotopic (exact) mass is 272 g/mol. The number of rotatable bonds is 4. The maximum Gasteiger partial charge on any atom is 0.273 e. The van der Waals surface area contributed by atoms with Gasteiger partial charge in [-0.1, -0.05) is 18.2 Å². The molecular formula is C15H20N4O. The Bertz CT molecular complexity index is 618. The van der Waals surface area contributed by atoms with E-state index in [9.17, 15) is 4.79 Å². The van der Waals surface area contributed by atoms with Crippen LogP contribution in [-0.2, 0) is 0 Å². The third-order valence-corrected chi connectivity index (χ3v) is 3.47. The molecule has 1 atom stereocenters. The number of hydrogen-bond acceptors (Lipinski definition) is 3. The van der Waals surface area contributed by atoms with Gasteiger partial charge in [0.05, 0.1) is 11.9 Å². The first-order valence-corrected chi connectivity index (χ1v) is 6.82. The quantitative estimate of drug-likeness (QED) is 0.929. The van der Waals surface area contributed by atoms with Gasteiger partial charge >= 0.3 is 0 Å². The highest BCUT2D eigenvalue weighted by molar-refractivity contribution is 5.92. The molecule has 20 heavy (non-hydrogen) atoms. The van der Waals surface area contributed by atoms with Crippen LogP contribution in [0.15, 0.2) is 24.4 Å². The second kappa shape index (κ2) is 5.86. The van der Waals surface area contributed by atoms with E-state index in [1.165, 1.54) is 11.1 Å². The Hall–Kier alpha value is -2.17. The molecule has 0 radical (unpaired) electrons. The van der Waals surface area contributed by atoms with Gasteiger partial charge in [-0.15, -0.1) is 5.10 Å². The van der Waals surface area contributed by atoms with Crippen LogP contribution in [0.2, 0.25) is 0 Å². The van der Waals surface area contributed by atoms with Crippen LogP contribution in [0, 0.1) is 13.8 Å². The molecule has 1 aromatic carbocycles. The minimum atomic E-state index is -0.186. The van der Waals surface area contributed by atoms with E-state index in [1.54, 1.807) is 10.9 Å². The Morgan fingerprint density at radius 2 is 2.10 bits per heavy atom. The lowest BCUT2D eigenvalue weighted by atomic mass is 10.1. The summed E-state index contributed by atoms with van der Waals surface area (Å²) in [6, 6.07) is 6.16. The first kappa shape index (κ1) is 14.2. The van der Waals surface area contributed by atoms with Crippen LogP contribution in [0.3, 0.4) is 0 Å². The molecule has 2 aromatic rings. The molecule has 5 nitrogen and oxygen atoms in total. The minimum absolute atomic E-state index is 0.134. The largest absolute Gasteiger partial charge is 0.348 e. The molecule has 0 aliphatic rings. The summed E-state index contributed by atoms with van der Waals surface area (Å²) in [7, 11) is 0. The molecule has 0 aliphatic heterocycles. The zero-order chi connectivity index (χ0) is 14.7. The second-order valence-electron chi connectivity index (χ2n) is 5.10. The molecular weight excluding hydrogens is 252 g/mol. The van der Waals surface area contributed by atoms with Crippen LogP contribution >= 0.6 is 0 Å². The highest BCUT2D eigenvalue weighted by atomic mass is 16.2. The third kappa shape index (κ3) is 3.04. The number of benzene rings is 1. The molecule has 0 saturated heterocycles. The summed E-state index contributed by atoms with van der Waals surface area (Å²) < 4.78 is 1.62. The lowest BCUT2D eigenvalue weighted by Gasteiger charge is -2.08. The molecule has 0 bridgehead atoms. The molecule has 1 amide bonds. The average molecular weight is 272 g/mol. The fourth-order valence-electron chi connectivity index (χ4n) is 1.76. The summed E-state index contributed by atoms with van der Waals surface area (Å²) in [5.41, 5.74) is 3.65. The Kier molecular flexibility index (Phi) is 4.17. The van der Waals surface area contributed by atoms with E-state index in [-0.39, 0.29) is 11.9 Å². The van der Waals surface area contributed by atoms with Crippen molar-refractivity contribution in [2.45, 2.75) is 40.2 Å². The lowest BCUT2D eigenvalue weighted by molar-refractivity contribution is 0.0934. The zero-order valence-electron chi connectivity index (χ0n) is 12.3. The summed E-state index contributed by atoms with van der Waals surface area (Å²) in [6.45, 7) is 8.10. The van der Waals surface area contributed by atoms with Crippen molar-refractivity contribution >= 4 is 5.91 Å². The van der Waals surface area contributed by atoms with Crippen LogP contribution in [0.4, 0.5) is 0 Å². The fraction of sp³-hybridized carbons (Fsp3) is 0.400. The summed E-state index contributed by atoms with van der Waals surface area (Å²) >= 11 is 0. The first-order chi connectivity index (χ1) is 9.51. The van der Waals surface area contributed by atoms with Gasteiger partial charge in [-0.2, -0.15) is 0 Å². The number of hydrogen-bond donors (Lipinski definition) is 1. The lowest BCUT2D eigenvalue weighted by Crippen LogP contribution is -2.32. The Morgan fingerprint density at radius 1 is 1.35 bits per heavy atom. The van der Waals surface area contributed by atoms with Gasteiger partial charge in [0.25, 0.3) is 5.91 Å². The predicted octanol–water partition coefficient (Wildman–Crippen LogP) is 2.41. The molecule has 1 heterocycles. The van der Waals surface area contributed by atoms with E-state index < -0.39 is 0 Å². The van der Waals surface area contributed by atoms with Crippen LogP contribution in [0.1, 0.15) is 41.9 Å². The average Bonchev–Trinajstić information content (AvgIpc) is 2.91. The second-order valence-corrected chi connectivity index (χ2v) is 5.10. The molecule has 0 spiro atoms. The molecule has 5 heteroatoms.